The first-order valence-corrected chi connectivity index (χ1v) is 10.3. The van der Waals surface area contributed by atoms with E-state index in [0.29, 0.717) is 6.42 Å². The van der Waals surface area contributed by atoms with Gasteiger partial charge >= 0.3 is 5.97 Å². The van der Waals surface area contributed by atoms with E-state index in [1.807, 2.05) is 6.07 Å². The first kappa shape index (κ1) is 22.3. The molecular weight excluding hydrogens is 328 g/mol. The summed E-state index contributed by atoms with van der Waals surface area (Å²) >= 11 is 0. The SMILES string of the molecule is O=C(O)CCCCCCCCCCCCCCCc1cccc(O)c1O. The summed E-state index contributed by atoms with van der Waals surface area (Å²) in [7, 11) is 0. The monoisotopic (exact) mass is 364 g/mol. The molecule has 1 aromatic rings. The molecule has 0 saturated heterocycles. The summed E-state index contributed by atoms with van der Waals surface area (Å²) in [6.07, 6.45) is 16.7. The van der Waals surface area contributed by atoms with Gasteiger partial charge in [-0.25, -0.2) is 0 Å². The zero-order chi connectivity index (χ0) is 19.0. The number of phenols is 2. The molecule has 4 heteroatoms. The van der Waals surface area contributed by atoms with Gasteiger partial charge in [-0.1, -0.05) is 82.8 Å². The molecule has 0 spiro atoms. The van der Waals surface area contributed by atoms with Crippen LogP contribution in [0.4, 0.5) is 0 Å². The number of hydrogen-bond acceptors (Lipinski definition) is 3. The van der Waals surface area contributed by atoms with Gasteiger partial charge < -0.3 is 15.3 Å². The molecule has 1 rings (SSSR count). The maximum atomic E-state index is 10.4. The lowest BCUT2D eigenvalue weighted by Crippen LogP contribution is -1.93. The van der Waals surface area contributed by atoms with Crippen LogP contribution in [0.1, 0.15) is 95.5 Å². The third-order valence-electron chi connectivity index (χ3n) is 4.94. The van der Waals surface area contributed by atoms with Crippen LogP contribution in [0, 0.1) is 0 Å². The van der Waals surface area contributed by atoms with Crippen LogP contribution in [0.5, 0.6) is 11.5 Å². The second kappa shape index (κ2) is 14.5. The Kier molecular flexibility index (Phi) is 12.4. The zero-order valence-corrected chi connectivity index (χ0v) is 16.1. The van der Waals surface area contributed by atoms with Crippen LogP contribution in [-0.2, 0) is 11.2 Å². The Morgan fingerprint density at radius 3 is 1.65 bits per heavy atom. The van der Waals surface area contributed by atoms with Crippen molar-refractivity contribution in [3.63, 3.8) is 0 Å². The quantitative estimate of drug-likeness (QED) is 0.241. The van der Waals surface area contributed by atoms with E-state index < -0.39 is 5.97 Å². The molecule has 26 heavy (non-hydrogen) atoms. The number of carboxylic acid groups (broad SMARTS) is 1. The summed E-state index contributed by atoms with van der Waals surface area (Å²) in [5.74, 6) is -0.667. The fourth-order valence-electron chi connectivity index (χ4n) is 3.32. The predicted octanol–water partition coefficient (Wildman–Crippen LogP) is 6.19. The molecule has 0 aliphatic heterocycles. The fourth-order valence-corrected chi connectivity index (χ4v) is 3.32. The second-order valence-electron chi connectivity index (χ2n) is 7.27. The molecule has 1 aromatic carbocycles. The Balaban J connectivity index is 1.82. The molecule has 0 bridgehead atoms. The molecular formula is C22H36O4. The Morgan fingerprint density at radius 2 is 1.15 bits per heavy atom. The molecule has 0 unspecified atom stereocenters. The summed E-state index contributed by atoms with van der Waals surface area (Å²) in [6.45, 7) is 0. The first-order valence-electron chi connectivity index (χ1n) is 10.3. The number of unbranched alkanes of at least 4 members (excludes halogenated alkanes) is 12. The van der Waals surface area contributed by atoms with E-state index in [1.165, 1.54) is 70.3 Å². The molecule has 0 fully saturated rings. The van der Waals surface area contributed by atoms with Crippen molar-refractivity contribution in [2.75, 3.05) is 0 Å². The molecule has 0 atom stereocenters. The minimum Gasteiger partial charge on any atom is -0.504 e. The minimum absolute atomic E-state index is 0.0252. The topological polar surface area (TPSA) is 77.8 Å². The van der Waals surface area contributed by atoms with Crippen molar-refractivity contribution in [3.05, 3.63) is 23.8 Å². The fraction of sp³-hybridized carbons (Fsp3) is 0.682. The number of para-hydroxylation sites is 1. The number of benzene rings is 1. The van der Waals surface area contributed by atoms with Crippen LogP contribution in [0.3, 0.4) is 0 Å². The largest absolute Gasteiger partial charge is 0.504 e. The average molecular weight is 365 g/mol. The van der Waals surface area contributed by atoms with Crippen molar-refractivity contribution in [2.24, 2.45) is 0 Å². The summed E-state index contributed by atoms with van der Waals surface area (Å²) in [6, 6.07) is 5.17. The van der Waals surface area contributed by atoms with Crippen LogP contribution in [0.2, 0.25) is 0 Å². The third-order valence-corrected chi connectivity index (χ3v) is 4.94. The number of aryl methyl sites for hydroxylation is 1. The number of aliphatic carboxylic acids is 1. The molecule has 0 aliphatic rings. The highest BCUT2D eigenvalue weighted by Crippen LogP contribution is 2.29. The van der Waals surface area contributed by atoms with Crippen LogP contribution in [0.25, 0.3) is 0 Å². The van der Waals surface area contributed by atoms with Crippen molar-refractivity contribution in [1.29, 1.82) is 0 Å². The minimum atomic E-state index is -0.678. The summed E-state index contributed by atoms with van der Waals surface area (Å²) in [5.41, 5.74) is 0.841. The van der Waals surface area contributed by atoms with Gasteiger partial charge in [0.2, 0.25) is 0 Å². The van der Waals surface area contributed by atoms with E-state index in [1.54, 1.807) is 6.07 Å². The van der Waals surface area contributed by atoms with E-state index in [2.05, 4.69) is 0 Å². The Hall–Kier alpha value is -1.71. The lowest BCUT2D eigenvalue weighted by atomic mass is 10.0. The van der Waals surface area contributed by atoms with Crippen LogP contribution in [-0.4, -0.2) is 21.3 Å². The molecule has 148 valence electrons. The molecule has 0 aliphatic carbocycles. The lowest BCUT2D eigenvalue weighted by Gasteiger charge is -2.06. The number of hydrogen-bond donors (Lipinski definition) is 3. The van der Waals surface area contributed by atoms with Gasteiger partial charge in [0, 0.05) is 6.42 Å². The predicted molar refractivity (Wildman–Crippen MR) is 106 cm³/mol. The van der Waals surface area contributed by atoms with E-state index in [9.17, 15) is 15.0 Å². The normalized spacial score (nSPS) is 10.9. The highest BCUT2D eigenvalue weighted by molar-refractivity contribution is 5.66. The number of carboxylic acids is 1. The van der Waals surface area contributed by atoms with E-state index in [0.717, 1.165) is 31.2 Å². The number of rotatable bonds is 16. The van der Waals surface area contributed by atoms with Crippen LogP contribution < -0.4 is 0 Å². The molecule has 0 aromatic heterocycles. The van der Waals surface area contributed by atoms with Gasteiger partial charge in [-0.3, -0.25) is 4.79 Å². The smallest absolute Gasteiger partial charge is 0.303 e. The average Bonchev–Trinajstić information content (AvgIpc) is 2.61. The standard InChI is InChI=1S/C22H36O4/c23-20-17-14-16-19(22(20)26)15-12-10-8-6-4-2-1-3-5-7-9-11-13-18-21(24)25/h14,16-17,23,26H,1-13,15,18H2,(H,24,25). The maximum Gasteiger partial charge on any atom is 0.303 e. The first-order chi connectivity index (χ1) is 12.6. The summed E-state index contributed by atoms with van der Waals surface area (Å²) in [4.78, 5) is 10.4. The van der Waals surface area contributed by atoms with Gasteiger partial charge in [0.15, 0.2) is 11.5 Å². The van der Waals surface area contributed by atoms with Gasteiger partial charge in [-0.15, -0.1) is 0 Å². The van der Waals surface area contributed by atoms with Gasteiger partial charge in [0.25, 0.3) is 0 Å². The van der Waals surface area contributed by atoms with Crippen molar-refractivity contribution in [2.45, 2.75) is 96.3 Å². The van der Waals surface area contributed by atoms with Gasteiger partial charge in [-0.2, -0.15) is 0 Å². The van der Waals surface area contributed by atoms with Crippen molar-refractivity contribution in [3.8, 4) is 11.5 Å². The van der Waals surface area contributed by atoms with Crippen molar-refractivity contribution in [1.82, 2.24) is 0 Å². The van der Waals surface area contributed by atoms with Gasteiger partial charge in [0.05, 0.1) is 0 Å². The zero-order valence-electron chi connectivity index (χ0n) is 16.1. The number of carbonyl (C=O) groups is 1. The molecule has 3 N–H and O–H groups in total. The number of aromatic hydroxyl groups is 2. The molecule has 0 heterocycles. The van der Waals surface area contributed by atoms with E-state index >= 15 is 0 Å². The Morgan fingerprint density at radius 1 is 0.692 bits per heavy atom. The molecule has 4 nitrogen and oxygen atoms in total. The van der Waals surface area contributed by atoms with Crippen molar-refractivity contribution >= 4 is 5.97 Å². The molecule has 0 radical (unpaired) electrons. The van der Waals surface area contributed by atoms with Crippen LogP contribution in [0.15, 0.2) is 18.2 Å². The molecule has 0 amide bonds. The highest BCUT2D eigenvalue weighted by atomic mass is 16.4. The Bertz CT molecular complexity index is 499. The summed E-state index contributed by atoms with van der Waals surface area (Å²) < 4.78 is 0. The van der Waals surface area contributed by atoms with Gasteiger partial charge in [0.1, 0.15) is 0 Å². The lowest BCUT2D eigenvalue weighted by molar-refractivity contribution is -0.137. The van der Waals surface area contributed by atoms with Crippen LogP contribution >= 0.6 is 0 Å². The third kappa shape index (κ3) is 11.0. The number of phenolic OH excluding ortho intramolecular Hbond substituents is 2. The van der Waals surface area contributed by atoms with Gasteiger partial charge in [-0.05, 0) is 30.9 Å². The maximum absolute atomic E-state index is 10.4. The van der Waals surface area contributed by atoms with Crippen molar-refractivity contribution < 1.29 is 20.1 Å². The highest BCUT2D eigenvalue weighted by Gasteiger charge is 2.04. The van der Waals surface area contributed by atoms with E-state index in [-0.39, 0.29) is 11.5 Å². The van der Waals surface area contributed by atoms with E-state index in [4.69, 9.17) is 5.11 Å². The summed E-state index contributed by atoms with van der Waals surface area (Å²) in [5, 5.41) is 27.8. The molecule has 0 saturated carbocycles. The second-order valence-corrected chi connectivity index (χ2v) is 7.27. The Labute approximate surface area is 158 Å².